The molecule has 2 aromatic carbocycles. The fraction of sp³-hybridized carbons (Fsp3) is 0.318. The Bertz CT molecular complexity index is 1200. The summed E-state index contributed by atoms with van der Waals surface area (Å²) in [6.45, 7) is 2.14. The zero-order chi connectivity index (χ0) is 21.4. The van der Waals surface area contributed by atoms with Crippen LogP contribution in [0.15, 0.2) is 56.8 Å². The third-order valence-corrected chi connectivity index (χ3v) is 7.04. The lowest BCUT2D eigenvalue weighted by molar-refractivity contribution is 0.171. The Kier molecular flexibility index (Phi) is 5.05. The molecule has 1 fully saturated rings. The lowest BCUT2D eigenvalue weighted by atomic mass is 10.1. The van der Waals surface area contributed by atoms with E-state index in [-0.39, 0.29) is 21.7 Å². The number of aromatic nitrogens is 1. The van der Waals surface area contributed by atoms with Crippen LogP contribution in [0.1, 0.15) is 19.3 Å². The van der Waals surface area contributed by atoms with Crippen LogP contribution in [-0.2, 0) is 9.84 Å². The molecule has 2 aliphatic heterocycles. The summed E-state index contributed by atoms with van der Waals surface area (Å²) in [5, 5.41) is -0.148. The van der Waals surface area contributed by atoms with Crippen LogP contribution in [-0.4, -0.2) is 39.7 Å². The molecular weight excluding hydrogens is 423 g/mol. The molecule has 0 bridgehead atoms. The second-order valence-electron chi connectivity index (χ2n) is 7.49. The van der Waals surface area contributed by atoms with Gasteiger partial charge in [-0.25, -0.2) is 12.8 Å². The van der Waals surface area contributed by atoms with Gasteiger partial charge in [-0.1, -0.05) is 0 Å². The SMILES string of the molecule is O=S(=O)(c1ccc2c(c1)OCCO2)c1nc(-c2ccc(F)cc2)oc1N1CCCCC1. The minimum absolute atomic E-state index is 0.0500. The predicted molar refractivity (Wildman–Crippen MR) is 111 cm³/mol. The Labute approximate surface area is 179 Å². The molecule has 0 aliphatic carbocycles. The molecule has 0 amide bonds. The number of anilines is 1. The van der Waals surface area contributed by atoms with E-state index in [0.717, 1.165) is 19.3 Å². The molecule has 1 saturated heterocycles. The third kappa shape index (κ3) is 3.74. The molecule has 0 N–H and O–H groups in total. The van der Waals surface area contributed by atoms with Crippen LogP contribution in [0.4, 0.5) is 10.3 Å². The topological polar surface area (TPSA) is 81.9 Å². The molecule has 0 atom stereocenters. The first-order valence-electron chi connectivity index (χ1n) is 10.2. The van der Waals surface area contributed by atoms with Crippen molar-refractivity contribution in [2.75, 3.05) is 31.2 Å². The van der Waals surface area contributed by atoms with Crippen molar-refractivity contribution in [1.82, 2.24) is 4.98 Å². The minimum Gasteiger partial charge on any atom is -0.486 e. The van der Waals surface area contributed by atoms with Gasteiger partial charge in [0.15, 0.2) is 11.5 Å². The van der Waals surface area contributed by atoms with Gasteiger partial charge in [0.2, 0.25) is 26.6 Å². The van der Waals surface area contributed by atoms with Crippen LogP contribution < -0.4 is 14.4 Å². The minimum atomic E-state index is -4.00. The molecule has 162 valence electrons. The number of piperidine rings is 1. The summed E-state index contributed by atoms with van der Waals surface area (Å²) >= 11 is 0. The highest BCUT2D eigenvalue weighted by atomic mass is 32.2. The number of fused-ring (bicyclic) bond motifs is 1. The third-order valence-electron chi connectivity index (χ3n) is 5.39. The van der Waals surface area contributed by atoms with E-state index in [0.29, 0.717) is 43.4 Å². The molecular formula is C22H21FN2O5S. The molecule has 9 heteroatoms. The van der Waals surface area contributed by atoms with Crippen molar-refractivity contribution < 1.29 is 26.7 Å². The average Bonchev–Trinajstić information content (AvgIpc) is 3.26. The van der Waals surface area contributed by atoms with E-state index >= 15 is 0 Å². The normalized spacial score (nSPS) is 16.4. The highest BCUT2D eigenvalue weighted by molar-refractivity contribution is 7.91. The monoisotopic (exact) mass is 444 g/mol. The molecule has 1 aromatic heterocycles. The van der Waals surface area contributed by atoms with Crippen LogP contribution >= 0.6 is 0 Å². The van der Waals surface area contributed by atoms with Crippen molar-refractivity contribution in [3.05, 3.63) is 48.3 Å². The zero-order valence-corrected chi connectivity index (χ0v) is 17.5. The lowest BCUT2D eigenvalue weighted by Gasteiger charge is -2.26. The van der Waals surface area contributed by atoms with Crippen LogP contribution in [0, 0.1) is 5.82 Å². The Morgan fingerprint density at radius 1 is 0.903 bits per heavy atom. The van der Waals surface area contributed by atoms with Gasteiger partial charge >= 0.3 is 0 Å². The van der Waals surface area contributed by atoms with Gasteiger partial charge in [-0.05, 0) is 55.7 Å². The van der Waals surface area contributed by atoms with Gasteiger partial charge in [0.05, 0.1) is 4.90 Å². The molecule has 3 aromatic rings. The second kappa shape index (κ2) is 7.88. The maximum absolute atomic E-state index is 13.6. The molecule has 31 heavy (non-hydrogen) atoms. The van der Waals surface area contributed by atoms with E-state index in [1.54, 1.807) is 6.07 Å². The molecule has 0 unspecified atom stereocenters. The van der Waals surface area contributed by atoms with Crippen LogP contribution in [0.5, 0.6) is 11.5 Å². The summed E-state index contributed by atoms with van der Waals surface area (Å²) < 4.78 is 57.5. The van der Waals surface area contributed by atoms with Crippen molar-refractivity contribution >= 4 is 15.7 Å². The molecule has 0 spiro atoms. The standard InChI is InChI=1S/C22H21FN2O5S/c23-16-6-4-15(5-7-16)20-24-21(22(30-20)25-10-2-1-3-11-25)31(26,27)17-8-9-18-19(14-17)29-13-12-28-18/h4-9,14H,1-3,10-13H2. The number of hydrogen-bond acceptors (Lipinski definition) is 7. The van der Waals surface area contributed by atoms with Gasteiger partial charge in [0.1, 0.15) is 19.0 Å². The number of sulfone groups is 1. The molecule has 2 aliphatic rings. The molecule has 5 rings (SSSR count). The fourth-order valence-corrected chi connectivity index (χ4v) is 5.12. The summed E-state index contributed by atoms with van der Waals surface area (Å²) in [6.07, 6.45) is 2.96. The van der Waals surface area contributed by atoms with E-state index in [1.165, 1.54) is 36.4 Å². The highest BCUT2D eigenvalue weighted by Gasteiger charge is 2.33. The number of benzene rings is 2. The van der Waals surface area contributed by atoms with Crippen molar-refractivity contribution in [3.8, 4) is 23.0 Å². The average molecular weight is 444 g/mol. The van der Waals surface area contributed by atoms with Gasteiger partial charge in [-0.2, -0.15) is 4.98 Å². The summed E-state index contributed by atoms with van der Waals surface area (Å²) in [4.78, 5) is 6.32. The lowest BCUT2D eigenvalue weighted by Crippen LogP contribution is -2.30. The van der Waals surface area contributed by atoms with E-state index in [4.69, 9.17) is 13.9 Å². The van der Waals surface area contributed by atoms with Crippen molar-refractivity contribution in [2.24, 2.45) is 0 Å². The summed E-state index contributed by atoms with van der Waals surface area (Å²) in [6, 6.07) is 10.1. The summed E-state index contributed by atoms with van der Waals surface area (Å²) in [5.74, 6) is 0.851. The quantitative estimate of drug-likeness (QED) is 0.600. The van der Waals surface area contributed by atoms with Crippen molar-refractivity contribution in [1.29, 1.82) is 0 Å². The summed E-state index contributed by atoms with van der Waals surface area (Å²) in [7, 11) is -4.00. The number of halogens is 1. The summed E-state index contributed by atoms with van der Waals surface area (Å²) in [5.41, 5.74) is 0.503. The van der Waals surface area contributed by atoms with Crippen molar-refractivity contribution in [2.45, 2.75) is 29.2 Å². The number of ether oxygens (including phenoxy) is 2. The van der Waals surface area contributed by atoms with E-state index in [9.17, 15) is 12.8 Å². The van der Waals surface area contributed by atoms with Crippen molar-refractivity contribution in [3.63, 3.8) is 0 Å². The van der Waals surface area contributed by atoms with Gasteiger partial charge in [-0.3, -0.25) is 0 Å². The molecule has 3 heterocycles. The van der Waals surface area contributed by atoms with Crippen LogP contribution in [0.2, 0.25) is 0 Å². The second-order valence-corrected chi connectivity index (χ2v) is 9.36. The van der Waals surface area contributed by atoms with E-state index in [1.807, 2.05) is 4.90 Å². The van der Waals surface area contributed by atoms with Gasteiger partial charge < -0.3 is 18.8 Å². The first-order chi connectivity index (χ1) is 15.0. The van der Waals surface area contributed by atoms with Gasteiger partial charge in [0.25, 0.3) is 0 Å². The number of oxazole rings is 1. The molecule has 0 radical (unpaired) electrons. The zero-order valence-electron chi connectivity index (χ0n) is 16.7. The molecule has 0 saturated carbocycles. The van der Waals surface area contributed by atoms with Gasteiger partial charge in [0, 0.05) is 24.7 Å². The van der Waals surface area contributed by atoms with E-state index in [2.05, 4.69) is 4.98 Å². The predicted octanol–water partition coefficient (Wildman–Crippen LogP) is 4.08. The van der Waals surface area contributed by atoms with Crippen LogP contribution in [0.25, 0.3) is 11.5 Å². The molecule has 7 nitrogen and oxygen atoms in total. The maximum Gasteiger partial charge on any atom is 0.236 e. The Hall–Kier alpha value is -3.07. The Morgan fingerprint density at radius 3 is 2.35 bits per heavy atom. The fourth-order valence-electron chi connectivity index (χ4n) is 3.79. The number of hydrogen-bond donors (Lipinski definition) is 0. The Morgan fingerprint density at radius 2 is 1.61 bits per heavy atom. The number of nitrogens with zero attached hydrogens (tertiary/aromatic N) is 2. The maximum atomic E-state index is 13.6. The highest BCUT2D eigenvalue weighted by Crippen LogP contribution is 2.38. The Balaban J connectivity index is 1.61. The number of rotatable bonds is 4. The first kappa shape index (κ1) is 19.9. The largest absolute Gasteiger partial charge is 0.486 e. The first-order valence-corrected chi connectivity index (χ1v) is 11.7. The van der Waals surface area contributed by atoms with E-state index < -0.39 is 15.7 Å². The van der Waals surface area contributed by atoms with Crippen LogP contribution in [0.3, 0.4) is 0 Å². The van der Waals surface area contributed by atoms with Gasteiger partial charge in [-0.15, -0.1) is 0 Å². The smallest absolute Gasteiger partial charge is 0.236 e.